The Labute approximate surface area is 89.3 Å². The highest BCUT2D eigenvalue weighted by molar-refractivity contribution is 5.89. The Hall–Kier alpha value is -1.82. The van der Waals surface area contributed by atoms with Crippen LogP contribution in [0.25, 0.3) is 0 Å². The molecule has 1 aromatic rings. The van der Waals surface area contributed by atoms with Crippen molar-refractivity contribution in [3.05, 3.63) is 34.9 Å². The van der Waals surface area contributed by atoms with Gasteiger partial charge in [-0.15, -0.1) is 0 Å². The smallest absolute Gasteiger partial charge is 0.337 e. The highest BCUT2D eigenvalue weighted by Crippen LogP contribution is 2.20. The first-order chi connectivity index (χ1) is 7.10. The molecule has 78 valence electrons. The molecule has 0 fully saturated rings. The predicted molar refractivity (Wildman–Crippen MR) is 56.6 cm³/mol. The van der Waals surface area contributed by atoms with E-state index in [1.165, 1.54) is 7.11 Å². The standard InChI is InChI=1S/C12H13NO2/c1-8(2)11-5-4-9(12(14)15-3)6-10(11)7-13/h4-6,8H,1-3H3. The molecule has 1 aromatic carbocycles. The van der Waals surface area contributed by atoms with E-state index in [1.807, 2.05) is 13.8 Å². The van der Waals surface area contributed by atoms with Crippen molar-refractivity contribution in [2.24, 2.45) is 0 Å². The zero-order valence-corrected chi connectivity index (χ0v) is 9.07. The fourth-order valence-electron chi connectivity index (χ4n) is 1.40. The minimum absolute atomic E-state index is 0.270. The maximum absolute atomic E-state index is 11.2. The lowest BCUT2D eigenvalue weighted by atomic mass is 9.96. The number of ether oxygens (including phenoxy) is 1. The molecule has 0 atom stereocenters. The van der Waals surface area contributed by atoms with Crippen molar-refractivity contribution in [2.45, 2.75) is 19.8 Å². The summed E-state index contributed by atoms with van der Waals surface area (Å²) >= 11 is 0. The number of carbonyl (C=O) groups is 1. The van der Waals surface area contributed by atoms with Crippen LogP contribution in [-0.4, -0.2) is 13.1 Å². The summed E-state index contributed by atoms with van der Waals surface area (Å²) in [5.74, 6) is -0.145. The van der Waals surface area contributed by atoms with Gasteiger partial charge in [-0.1, -0.05) is 19.9 Å². The van der Waals surface area contributed by atoms with Crippen LogP contribution in [0.4, 0.5) is 0 Å². The van der Waals surface area contributed by atoms with Crippen LogP contribution < -0.4 is 0 Å². The molecule has 3 heteroatoms. The highest BCUT2D eigenvalue weighted by Gasteiger charge is 2.11. The lowest BCUT2D eigenvalue weighted by Crippen LogP contribution is -2.03. The molecule has 0 aliphatic carbocycles. The summed E-state index contributed by atoms with van der Waals surface area (Å²) in [5.41, 5.74) is 1.90. The van der Waals surface area contributed by atoms with Crippen LogP contribution >= 0.6 is 0 Å². The number of benzene rings is 1. The zero-order chi connectivity index (χ0) is 11.4. The molecule has 0 aromatic heterocycles. The van der Waals surface area contributed by atoms with E-state index in [0.29, 0.717) is 11.1 Å². The SMILES string of the molecule is COC(=O)c1ccc(C(C)C)c(C#N)c1. The topological polar surface area (TPSA) is 50.1 Å². The fraction of sp³-hybridized carbons (Fsp3) is 0.333. The number of methoxy groups -OCH3 is 1. The summed E-state index contributed by atoms with van der Waals surface area (Å²) in [4.78, 5) is 11.2. The van der Waals surface area contributed by atoms with E-state index >= 15 is 0 Å². The summed E-state index contributed by atoms with van der Waals surface area (Å²) in [7, 11) is 1.32. The van der Waals surface area contributed by atoms with Crippen molar-refractivity contribution in [1.82, 2.24) is 0 Å². The number of hydrogen-bond acceptors (Lipinski definition) is 3. The van der Waals surface area contributed by atoms with Crippen molar-refractivity contribution < 1.29 is 9.53 Å². The molecule has 1 rings (SSSR count). The Morgan fingerprint density at radius 1 is 1.47 bits per heavy atom. The first kappa shape index (κ1) is 11.3. The number of nitrogens with zero attached hydrogens (tertiary/aromatic N) is 1. The lowest BCUT2D eigenvalue weighted by Gasteiger charge is -2.08. The molecule has 0 aliphatic heterocycles. The van der Waals surface area contributed by atoms with Gasteiger partial charge in [-0.05, 0) is 23.6 Å². The fourth-order valence-corrected chi connectivity index (χ4v) is 1.40. The second-order valence-electron chi connectivity index (χ2n) is 3.56. The highest BCUT2D eigenvalue weighted by atomic mass is 16.5. The van der Waals surface area contributed by atoms with Crippen LogP contribution in [0.2, 0.25) is 0 Å². The Balaban J connectivity index is 3.21. The third kappa shape index (κ3) is 2.35. The third-order valence-electron chi connectivity index (χ3n) is 2.22. The van der Waals surface area contributed by atoms with Crippen LogP contribution in [0.3, 0.4) is 0 Å². The summed E-state index contributed by atoms with van der Waals surface area (Å²) in [6.45, 7) is 4.02. The Morgan fingerprint density at radius 2 is 2.13 bits per heavy atom. The van der Waals surface area contributed by atoms with Crippen LogP contribution in [0.1, 0.15) is 41.3 Å². The van der Waals surface area contributed by atoms with Gasteiger partial charge in [0.25, 0.3) is 0 Å². The minimum Gasteiger partial charge on any atom is -0.465 e. The summed E-state index contributed by atoms with van der Waals surface area (Å²) in [6.07, 6.45) is 0. The molecule has 0 saturated heterocycles. The maximum Gasteiger partial charge on any atom is 0.337 e. The maximum atomic E-state index is 11.2. The zero-order valence-electron chi connectivity index (χ0n) is 9.07. The minimum atomic E-state index is -0.415. The van der Waals surface area contributed by atoms with E-state index in [2.05, 4.69) is 10.8 Å². The molecule has 15 heavy (non-hydrogen) atoms. The molecule has 0 spiro atoms. The van der Waals surface area contributed by atoms with E-state index in [4.69, 9.17) is 5.26 Å². The molecule has 0 heterocycles. The van der Waals surface area contributed by atoms with E-state index in [9.17, 15) is 4.79 Å². The molecular weight excluding hydrogens is 190 g/mol. The predicted octanol–water partition coefficient (Wildman–Crippen LogP) is 2.47. The first-order valence-corrected chi connectivity index (χ1v) is 4.72. The van der Waals surface area contributed by atoms with Crippen LogP contribution in [0, 0.1) is 11.3 Å². The van der Waals surface area contributed by atoms with Crippen molar-refractivity contribution in [3.8, 4) is 6.07 Å². The van der Waals surface area contributed by atoms with Gasteiger partial charge in [0.2, 0.25) is 0 Å². The van der Waals surface area contributed by atoms with Gasteiger partial charge in [-0.3, -0.25) is 0 Å². The van der Waals surface area contributed by atoms with Crippen molar-refractivity contribution in [1.29, 1.82) is 5.26 Å². The van der Waals surface area contributed by atoms with Gasteiger partial charge in [0.1, 0.15) is 0 Å². The Bertz CT molecular complexity index is 416. The monoisotopic (exact) mass is 203 g/mol. The molecule has 0 radical (unpaired) electrons. The van der Waals surface area contributed by atoms with E-state index in [-0.39, 0.29) is 5.92 Å². The largest absolute Gasteiger partial charge is 0.465 e. The molecule has 0 saturated carbocycles. The number of nitriles is 1. The average molecular weight is 203 g/mol. The Morgan fingerprint density at radius 3 is 2.60 bits per heavy atom. The van der Waals surface area contributed by atoms with Crippen molar-refractivity contribution >= 4 is 5.97 Å². The molecular formula is C12H13NO2. The second kappa shape index (κ2) is 4.61. The van der Waals surface area contributed by atoms with Gasteiger partial charge in [0.15, 0.2) is 0 Å². The number of esters is 1. The van der Waals surface area contributed by atoms with E-state index in [1.54, 1.807) is 18.2 Å². The molecule has 3 nitrogen and oxygen atoms in total. The van der Waals surface area contributed by atoms with Gasteiger partial charge in [0, 0.05) is 0 Å². The molecule has 0 unspecified atom stereocenters. The van der Waals surface area contributed by atoms with E-state index < -0.39 is 5.97 Å². The van der Waals surface area contributed by atoms with Crippen molar-refractivity contribution in [3.63, 3.8) is 0 Å². The summed E-state index contributed by atoms with van der Waals surface area (Å²) in [6, 6.07) is 7.14. The van der Waals surface area contributed by atoms with Gasteiger partial charge in [-0.2, -0.15) is 5.26 Å². The molecule has 0 aliphatic rings. The average Bonchev–Trinajstić information content (AvgIpc) is 2.26. The molecule has 0 amide bonds. The number of hydrogen-bond donors (Lipinski definition) is 0. The van der Waals surface area contributed by atoms with Gasteiger partial charge in [0.05, 0.1) is 24.3 Å². The van der Waals surface area contributed by atoms with Crippen LogP contribution in [0.15, 0.2) is 18.2 Å². The first-order valence-electron chi connectivity index (χ1n) is 4.72. The molecule has 0 bridgehead atoms. The van der Waals surface area contributed by atoms with Crippen LogP contribution in [-0.2, 0) is 4.74 Å². The number of rotatable bonds is 2. The number of carbonyl (C=O) groups excluding carboxylic acids is 1. The third-order valence-corrected chi connectivity index (χ3v) is 2.22. The van der Waals surface area contributed by atoms with Crippen LogP contribution in [0.5, 0.6) is 0 Å². The second-order valence-corrected chi connectivity index (χ2v) is 3.56. The van der Waals surface area contributed by atoms with Gasteiger partial charge >= 0.3 is 5.97 Å². The summed E-state index contributed by atoms with van der Waals surface area (Å²) in [5, 5.41) is 8.94. The summed E-state index contributed by atoms with van der Waals surface area (Å²) < 4.78 is 4.59. The normalized spacial score (nSPS) is 9.80. The molecule has 0 N–H and O–H groups in total. The van der Waals surface area contributed by atoms with E-state index in [0.717, 1.165) is 5.56 Å². The Kier molecular flexibility index (Phi) is 3.46. The van der Waals surface area contributed by atoms with Gasteiger partial charge in [-0.25, -0.2) is 4.79 Å². The van der Waals surface area contributed by atoms with Crippen molar-refractivity contribution in [2.75, 3.05) is 7.11 Å². The quantitative estimate of drug-likeness (QED) is 0.694. The van der Waals surface area contributed by atoms with Gasteiger partial charge < -0.3 is 4.74 Å². The lowest BCUT2D eigenvalue weighted by molar-refractivity contribution is 0.0600.